The maximum Gasteiger partial charge on any atom is 0.269 e. The maximum atomic E-state index is 14.5. The first-order chi connectivity index (χ1) is 13.9. The molecule has 0 N–H and O–H groups in total. The second-order valence-corrected chi connectivity index (χ2v) is 8.74. The summed E-state index contributed by atoms with van der Waals surface area (Å²) in [5.74, 6) is -0.276. The van der Waals surface area contributed by atoms with E-state index in [1.165, 1.54) is 22.4 Å². The van der Waals surface area contributed by atoms with Crippen LogP contribution in [0.25, 0.3) is 10.9 Å². The Morgan fingerprint density at radius 2 is 1.86 bits per heavy atom. The highest BCUT2D eigenvalue weighted by molar-refractivity contribution is 7.90. The second kappa shape index (κ2) is 7.33. The van der Waals surface area contributed by atoms with Crippen molar-refractivity contribution in [1.82, 2.24) is 8.96 Å². The average molecular weight is 409 g/mol. The van der Waals surface area contributed by atoms with E-state index in [1.807, 2.05) is 12.1 Å². The number of anilines is 1. The van der Waals surface area contributed by atoms with Crippen molar-refractivity contribution in [3.05, 3.63) is 90.1 Å². The molecule has 5 nitrogen and oxygen atoms in total. The fraction of sp³-hybridized carbons (Fsp3) is 0.136. The predicted octanol–water partition coefficient (Wildman–Crippen LogP) is 4.36. The van der Waals surface area contributed by atoms with Crippen LogP contribution in [0.4, 0.5) is 10.1 Å². The quantitative estimate of drug-likeness (QED) is 0.492. The zero-order valence-electron chi connectivity index (χ0n) is 16.1. The summed E-state index contributed by atoms with van der Waals surface area (Å²) in [5.41, 5.74) is 2.40. The van der Waals surface area contributed by atoms with Crippen LogP contribution in [0.15, 0.2) is 78.1 Å². The highest BCUT2D eigenvalue weighted by Gasteiger charge is 2.22. The first-order valence-corrected chi connectivity index (χ1v) is 10.5. The van der Waals surface area contributed by atoms with Gasteiger partial charge in [0, 0.05) is 37.6 Å². The lowest BCUT2D eigenvalue weighted by Crippen LogP contribution is -2.18. The van der Waals surface area contributed by atoms with E-state index in [2.05, 4.69) is 4.98 Å². The van der Waals surface area contributed by atoms with Crippen LogP contribution in [0.5, 0.6) is 0 Å². The zero-order valence-corrected chi connectivity index (χ0v) is 16.9. The lowest BCUT2D eigenvalue weighted by atomic mass is 10.1. The van der Waals surface area contributed by atoms with Crippen LogP contribution >= 0.6 is 0 Å². The van der Waals surface area contributed by atoms with E-state index in [4.69, 9.17) is 0 Å². The molecule has 0 fully saturated rings. The molecule has 148 valence electrons. The number of pyridine rings is 1. The van der Waals surface area contributed by atoms with Gasteiger partial charge in [-0.15, -0.1) is 0 Å². The Kier molecular flexibility index (Phi) is 4.84. The molecule has 0 bridgehead atoms. The summed E-state index contributed by atoms with van der Waals surface area (Å²) in [5, 5.41) is 0.805. The van der Waals surface area contributed by atoms with Crippen molar-refractivity contribution in [3.63, 3.8) is 0 Å². The SMILES string of the molecule is Cc1cccc(N(C)Cc2cn(S(=O)(=O)c3cccnc3)c3ccccc23)c1F. The van der Waals surface area contributed by atoms with Crippen molar-refractivity contribution in [2.75, 3.05) is 11.9 Å². The molecule has 0 aliphatic rings. The molecule has 2 aromatic carbocycles. The molecule has 2 heterocycles. The van der Waals surface area contributed by atoms with E-state index in [9.17, 15) is 12.8 Å². The Bertz CT molecular complexity index is 1280. The van der Waals surface area contributed by atoms with Crippen LogP contribution in [-0.2, 0) is 16.6 Å². The van der Waals surface area contributed by atoms with Gasteiger partial charge < -0.3 is 4.90 Å². The van der Waals surface area contributed by atoms with Crippen molar-refractivity contribution < 1.29 is 12.8 Å². The van der Waals surface area contributed by atoms with Crippen LogP contribution in [-0.4, -0.2) is 24.4 Å². The minimum atomic E-state index is -3.80. The summed E-state index contributed by atoms with van der Waals surface area (Å²) in [4.78, 5) is 5.83. The van der Waals surface area contributed by atoms with Gasteiger partial charge >= 0.3 is 0 Å². The topological polar surface area (TPSA) is 55.2 Å². The van der Waals surface area contributed by atoms with Gasteiger partial charge in [-0.25, -0.2) is 16.8 Å². The molecule has 0 saturated heterocycles. The van der Waals surface area contributed by atoms with Crippen molar-refractivity contribution in [1.29, 1.82) is 0 Å². The normalized spacial score (nSPS) is 11.7. The van der Waals surface area contributed by atoms with Gasteiger partial charge in [-0.1, -0.05) is 30.3 Å². The van der Waals surface area contributed by atoms with Gasteiger partial charge in [-0.05, 0) is 42.3 Å². The number of fused-ring (bicyclic) bond motifs is 1. The molecule has 29 heavy (non-hydrogen) atoms. The van der Waals surface area contributed by atoms with Crippen molar-refractivity contribution in [2.24, 2.45) is 0 Å². The smallest absolute Gasteiger partial charge is 0.269 e. The molecule has 0 atom stereocenters. The minimum absolute atomic E-state index is 0.116. The molecular formula is C22H20FN3O2S. The number of benzene rings is 2. The first kappa shape index (κ1) is 19.1. The average Bonchev–Trinajstić information content (AvgIpc) is 3.10. The van der Waals surface area contributed by atoms with Gasteiger partial charge in [-0.3, -0.25) is 4.98 Å². The number of hydrogen-bond acceptors (Lipinski definition) is 4. The van der Waals surface area contributed by atoms with Gasteiger partial charge in [-0.2, -0.15) is 0 Å². The van der Waals surface area contributed by atoms with Crippen molar-refractivity contribution in [2.45, 2.75) is 18.4 Å². The Labute approximate surface area is 169 Å². The monoisotopic (exact) mass is 409 g/mol. The Balaban J connectivity index is 1.80. The van der Waals surface area contributed by atoms with E-state index < -0.39 is 10.0 Å². The highest BCUT2D eigenvalue weighted by atomic mass is 32.2. The fourth-order valence-corrected chi connectivity index (χ4v) is 4.78. The molecule has 0 amide bonds. The van der Waals surface area contributed by atoms with Gasteiger partial charge in [0.2, 0.25) is 0 Å². The summed E-state index contributed by atoms with van der Waals surface area (Å²) in [7, 11) is -2.01. The lowest BCUT2D eigenvalue weighted by molar-refractivity contribution is 0.588. The van der Waals surface area contributed by atoms with Gasteiger partial charge in [0.05, 0.1) is 11.2 Å². The third-order valence-electron chi connectivity index (χ3n) is 4.94. The summed E-state index contributed by atoms with van der Waals surface area (Å²) in [6.45, 7) is 2.08. The number of para-hydroxylation sites is 1. The number of nitrogens with zero attached hydrogens (tertiary/aromatic N) is 3. The van der Waals surface area contributed by atoms with Crippen LogP contribution < -0.4 is 4.90 Å². The summed E-state index contributed by atoms with van der Waals surface area (Å²) in [6.07, 6.45) is 4.47. The maximum absolute atomic E-state index is 14.5. The van der Waals surface area contributed by atoms with E-state index in [0.29, 0.717) is 23.3 Å². The van der Waals surface area contributed by atoms with E-state index in [0.717, 1.165) is 10.9 Å². The zero-order chi connectivity index (χ0) is 20.6. The Morgan fingerprint density at radius 1 is 1.07 bits per heavy atom. The Hall–Kier alpha value is -3.19. The molecule has 7 heteroatoms. The van der Waals surface area contributed by atoms with Crippen LogP contribution in [0.1, 0.15) is 11.1 Å². The molecule has 2 aromatic heterocycles. The standard InChI is InChI=1S/C22H20FN3O2S/c1-16-7-5-11-21(22(16)23)25(2)14-17-15-26(20-10-4-3-9-19(17)20)29(27,28)18-8-6-12-24-13-18/h3-13,15H,14H2,1-2H3. The van der Waals surface area contributed by atoms with E-state index >= 15 is 0 Å². The molecular weight excluding hydrogens is 389 g/mol. The van der Waals surface area contributed by atoms with Crippen molar-refractivity contribution >= 4 is 26.6 Å². The van der Waals surface area contributed by atoms with Crippen molar-refractivity contribution in [3.8, 4) is 0 Å². The molecule has 0 aliphatic carbocycles. The third kappa shape index (κ3) is 3.38. The van der Waals surface area contributed by atoms with Crippen LogP contribution in [0.3, 0.4) is 0 Å². The number of aryl methyl sites for hydroxylation is 1. The fourth-order valence-electron chi connectivity index (χ4n) is 3.42. The lowest BCUT2D eigenvalue weighted by Gasteiger charge is -2.20. The van der Waals surface area contributed by atoms with Gasteiger partial charge in [0.15, 0.2) is 0 Å². The van der Waals surface area contributed by atoms with Crippen LogP contribution in [0, 0.1) is 12.7 Å². The number of halogens is 1. The molecule has 4 aromatic rings. The minimum Gasteiger partial charge on any atom is -0.368 e. The first-order valence-electron chi connectivity index (χ1n) is 9.10. The summed E-state index contributed by atoms with van der Waals surface area (Å²) < 4.78 is 42.1. The Morgan fingerprint density at radius 3 is 2.62 bits per heavy atom. The number of hydrogen-bond donors (Lipinski definition) is 0. The summed E-state index contributed by atoms with van der Waals surface area (Å²) >= 11 is 0. The molecule has 0 radical (unpaired) electrons. The molecule has 0 saturated carbocycles. The van der Waals surface area contributed by atoms with Gasteiger partial charge in [0.25, 0.3) is 10.0 Å². The number of rotatable bonds is 5. The molecule has 0 aliphatic heterocycles. The van der Waals surface area contributed by atoms with E-state index in [-0.39, 0.29) is 10.7 Å². The molecule has 0 unspecified atom stereocenters. The second-order valence-electron chi connectivity index (χ2n) is 6.93. The van der Waals surface area contributed by atoms with E-state index in [1.54, 1.807) is 61.5 Å². The molecule has 4 rings (SSSR count). The predicted molar refractivity (Wildman–Crippen MR) is 112 cm³/mol. The molecule has 0 spiro atoms. The summed E-state index contributed by atoms with van der Waals surface area (Å²) in [6, 6.07) is 15.7. The van der Waals surface area contributed by atoms with Crippen LogP contribution in [0.2, 0.25) is 0 Å². The largest absolute Gasteiger partial charge is 0.368 e. The van der Waals surface area contributed by atoms with Gasteiger partial charge in [0.1, 0.15) is 10.7 Å². The third-order valence-corrected chi connectivity index (χ3v) is 6.60. The number of aromatic nitrogens is 2. The highest BCUT2D eigenvalue weighted by Crippen LogP contribution is 2.29.